The van der Waals surface area contributed by atoms with Crippen molar-refractivity contribution < 1.29 is 0 Å². The monoisotopic (exact) mass is 444 g/mol. The van der Waals surface area contributed by atoms with Gasteiger partial charge in [0.05, 0.1) is 6.54 Å². The second-order valence-electron chi connectivity index (χ2n) is 8.06. The molecule has 0 amide bonds. The van der Waals surface area contributed by atoms with Crippen LogP contribution in [-0.4, -0.2) is 40.4 Å². The zero-order chi connectivity index (χ0) is 19.6. The second kappa shape index (κ2) is 8.23. The number of nitrogens with zero attached hydrogens (tertiary/aromatic N) is 4. The van der Waals surface area contributed by atoms with Gasteiger partial charge >= 0.3 is 0 Å². The SMILES string of the molecule is CN=C(NCC1(c2ccc(Br)cc2)CCCC1)NC1CCc2nc(C)nn2C1. The Balaban J connectivity index is 1.40. The number of halogens is 1. The van der Waals surface area contributed by atoms with E-state index in [1.54, 1.807) is 0 Å². The topological polar surface area (TPSA) is 67.1 Å². The summed E-state index contributed by atoms with van der Waals surface area (Å²) in [6.07, 6.45) is 7.05. The van der Waals surface area contributed by atoms with E-state index < -0.39 is 0 Å². The van der Waals surface area contributed by atoms with Gasteiger partial charge in [0.2, 0.25) is 0 Å². The molecule has 6 nitrogen and oxygen atoms in total. The number of fused-ring (bicyclic) bond motifs is 1. The smallest absolute Gasteiger partial charge is 0.191 e. The van der Waals surface area contributed by atoms with Crippen LogP contribution in [0.1, 0.15) is 49.3 Å². The first kappa shape index (κ1) is 19.4. The summed E-state index contributed by atoms with van der Waals surface area (Å²) in [5.41, 5.74) is 1.62. The van der Waals surface area contributed by atoms with E-state index in [1.807, 2.05) is 18.7 Å². The summed E-state index contributed by atoms with van der Waals surface area (Å²) in [7, 11) is 1.85. The lowest BCUT2D eigenvalue weighted by Crippen LogP contribution is -2.50. The van der Waals surface area contributed by atoms with Crippen LogP contribution in [0.3, 0.4) is 0 Å². The van der Waals surface area contributed by atoms with Crippen molar-refractivity contribution in [2.24, 2.45) is 4.99 Å². The van der Waals surface area contributed by atoms with Gasteiger partial charge in [-0.25, -0.2) is 9.67 Å². The van der Waals surface area contributed by atoms with Gasteiger partial charge in [-0.1, -0.05) is 40.9 Å². The zero-order valence-electron chi connectivity index (χ0n) is 16.7. The lowest BCUT2D eigenvalue weighted by Gasteiger charge is -2.32. The van der Waals surface area contributed by atoms with Gasteiger partial charge in [0.15, 0.2) is 5.96 Å². The molecule has 28 heavy (non-hydrogen) atoms. The summed E-state index contributed by atoms with van der Waals surface area (Å²) in [5, 5.41) is 11.7. The average molecular weight is 445 g/mol. The summed E-state index contributed by atoms with van der Waals surface area (Å²) in [5.74, 6) is 2.84. The molecule has 1 saturated carbocycles. The van der Waals surface area contributed by atoms with Crippen molar-refractivity contribution in [3.63, 3.8) is 0 Å². The van der Waals surface area contributed by atoms with Crippen molar-refractivity contribution in [3.8, 4) is 0 Å². The number of aromatic nitrogens is 3. The molecule has 1 aliphatic heterocycles. The Morgan fingerprint density at radius 2 is 2.04 bits per heavy atom. The van der Waals surface area contributed by atoms with Crippen LogP contribution in [0, 0.1) is 6.92 Å². The summed E-state index contributed by atoms with van der Waals surface area (Å²) in [6.45, 7) is 3.71. The molecule has 0 bridgehead atoms. The maximum Gasteiger partial charge on any atom is 0.191 e. The number of benzene rings is 1. The maximum absolute atomic E-state index is 4.50. The first-order valence-electron chi connectivity index (χ1n) is 10.2. The van der Waals surface area contributed by atoms with E-state index in [4.69, 9.17) is 0 Å². The van der Waals surface area contributed by atoms with Crippen LogP contribution >= 0.6 is 15.9 Å². The van der Waals surface area contributed by atoms with Crippen molar-refractivity contribution >= 4 is 21.9 Å². The Bertz CT molecular complexity index is 835. The van der Waals surface area contributed by atoms with Crippen LogP contribution < -0.4 is 10.6 Å². The van der Waals surface area contributed by atoms with E-state index in [0.29, 0.717) is 6.04 Å². The molecule has 1 aromatic carbocycles. The van der Waals surface area contributed by atoms with E-state index in [0.717, 1.165) is 48.0 Å². The summed E-state index contributed by atoms with van der Waals surface area (Å²) < 4.78 is 3.17. The molecule has 1 fully saturated rings. The highest BCUT2D eigenvalue weighted by molar-refractivity contribution is 9.10. The number of rotatable bonds is 4. The van der Waals surface area contributed by atoms with E-state index in [-0.39, 0.29) is 5.41 Å². The summed E-state index contributed by atoms with van der Waals surface area (Å²) >= 11 is 3.56. The standard InChI is InChI=1S/C21H29BrN6/c1-15-25-19-10-9-18(13-28(19)27-15)26-20(23-2)24-14-21(11-3-4-12-21)16-5-7-17(22)8-6-16/h5-8,18H,3-4,9-14H2,1-2H3,(H2,23,24,26). The highest BCUT2D eigenvalue weighted by Crippen LogP contribution is 2.40. The third kappa shape index (κ3) is 4.09. The molecule has 0 saturated heterocycles. The highest BCUT2D eigenvalue weighted by atomic mass is 79.9. The largest absolute Gasteiger partial charge is 0.356 e. The van der Waals surface area contributed by atoms with Crippen molar-refractivity contribution in [1.29, 1.82) is 0 Å². The molecule has 1 unspecified atom stereocenters. The Morgan fingerprint density at radius 1 is 1.29 bits per heavy atom. The molecule has 2 N–H and O–H groups in total. The Morgan fingerprint density at radius 3 is 2.75 bits per heavy atom. The van der Waals surface area contributed by atoms with Crippen molar-refractivity contribution in [2.75, 3.05) is 13.6 Å². The first-order valence-corrected chi connectivity index (χ1v) is 11.0. The van der Waals surface area contributed by atoms with Gasteiger partial charge in [-0.05, 0) is 43.9 Å². The highest BCUT2D eigenvalue weighted by Gasteiger charge is 2.35. The fraction of sp³-hybridized carbons (Fsp3) is 0.571. The minimum Gasteiger partial charge on any atom is -0.356 e. The predicted octanol–water partition coefficient (Wildman–Crippen LogP) is 3.34. The van der Waals surface area contributed by atoms with Gasteiger partial charge in [-0.2, -0.15) is 5.10 Å². The van der Waals surface area contributed by atoms with Gasteiger partial charge in [-0.15, -0.1) is 0 Å². The number of guanidine groups is 1. The molecule has 1 aromatic heterocycles. The Labute approximate surface area is 175 Å². The molecule has 150 valence electrons. The molecular formula is C21H29BrN6. The third-order valence-corrected chi connectivity index (χ3v) is 6.67. The van der Waals surface area contributed by atoms with Gasteiger partial charge in [0, 0.05) is 35.9 Å². The van der Waals surface area contributed by atoms with Crippen LogP contribution in [0.25, 0.3) is 0 Å². The van der Waals surface area contributed by atoms with Crippen LogP contribution in [0.5, 0.6) is 0 Å². The predicted molar refractivity (Wildman–Crippen MR) is 116 cm³/mol. The molecule has 7 heteroatoms. The zero-order valence-corrected chi connectivity index (χ0v) is 18.3. The van der Waals surface area contributed by atoms with E-state index in [1.165, 1.54) is 31.2 Å². The number of hydrogen-bond donors (Lipinski definition) is 2. The normalized spacial score (nSPS) is 21.4. The number of hydrogen-bond acceptors (Lipinski definition) is 3. The molecule has 2 aromatic rings. The fourth-order valence-corrected chi connectivity index (χ4v) is 4.88. The average Bonchev–Trinajstić information content (AvgIpc) is 3.31. The molecule has 2 heterocycles. The van der Waals surface area contributed by atoms with Crippen LogP contribution in [0.2, 0.25) is 0 Å². The lowest BCUT2D eigenvalue weighted by molar-refractivity contribution is 0.386. The molecule has 2 aliphatic rings. The van der Waals surface area contributed by atoms with Gasteiger partial charge < -0.3 is 10.6 Å². The third-order valence-electron chi connectivity index (χ3n) is 6.14. The fourth-order valence-electron chi connectivity index (χ4n) is 4.62. The van der Waals surface area contributed by atoms with Gasteiger partial charge in [0.1, 0.15) is 11.6 Å². The number of aliphatic imine (C=N–C) groups is 1. The molecule has 1 aliphatic carbocycles. The van der Waals surface area contributed by atoms with Gasteiger partial charge in [-0.3, -0.25) is 4.99 Å². The summed E-state index contributed by atoms with van der Waals surface area (Å²) in [4.78, 5) is 8.98. The molecule has 1 atom stereocenters. The Kier molecular flexibility index (Phi) is 5.71. The molecule has 0 spiro atoms. The van der Waals surface area contributed by atoms with Crippen LogP contribution in [0.15, 0.2) is 33.7 Å². The minimum atomic E-state index is 0.196. The second-order valence-corrected chi connectivity index (χ2v) is 8.97. The van der Waals surface area contributed by atoms with E-state index in [9.17, 15) is 0 Å². The lowest BCUT2D eigenvalue weighted by atomic mass is 9.79. The van der Waals surface area contributed by atoms with Crippen molar-refractivity contribution in [2.45, 2.75) is 63.5 Å². The van der Waals surface area contributed by atoms with Gasteiger partial charge in [0.25, 0.3) is 0 Å². The number of aryl methyl sites for hydroxylation is 2. The van der Waals surface area contributed by atoms with Crippen molar-refractivity contribution in [3.05, 3.63) is 46.0 Å². The number of nitrogens with one attached hydrogen (secondary N) is 2. The quantitative estimate of drug-likeness (QED) is 0.560. The maximum atomic E-state index is 4.50. The Hall–Kier alpha value is -1.89. The van der Waals surface area contributed by atoms with E-state index >= 15 is 0 Å². The first-order chi connectivity index (χ1) is 13.6. The molecular weight excluding hydrogens is 416 g/mol. The van der Waals surface area contributed by atoms with Crippen LogP contribution in [-0.2, 0) is 18.4 Å². The summed E-state index contributed by atoms with van der Waals surface area (Å²) in [6, 6.07) is 9.17. The van der Waals surface area contributed by atoms with E-state index in [2.05, 4.69) is 65.9 Å². The molecule has 0 radical (unpaired) electrons. The van der Waals surface area contributed by atoms with Crippen LogP contribution in [0.4, 0.5) is 0 Å². The minimum absolute atomic E-state index is 0.196. The molecule has 4 rings (SSSR count). The van der Waals surface area contributed by atoms with Crippen molar-refractivity contribution in [1.82, 2.24) is 25.4 Å².